The van der Waals surface area contributed by atoms with Crippen molar-refractivity contribution in [2.75, 3.05) is 13.2 Å². The highest BCUT2D eigenvalue weighted by atomic mass is 16.6. The Hall–Kier alpha value is -1.85. The van der Waals surface area contributed by atoms with E-state index < -0.39 is 6.10 Å². The number of hydrogen-bond donors (Lipinski definition) is 0. The fraction of sp³-hybridized carbons (Fsp3) is 0.907. The molecule has 0 saturated heterocycles. The molecule has 0 fully saturated rings. The minimum absolute atomic E-state index is 0.0666. The second-order valence-electron chi connectivity index (χ2n) is 18.2. The summed E-state index contributed by atoms with van der Waals surface area (Å²) in [6, 6.07) is 0. The molecule has 0 bridgehead atoms. The summed E-state index contributed by atoms with van der Waals surface area (Å²) >= 11 is 0. The number of rotatable bonds is 49. The summed E-state index contributed by atoms with van der Waals surface area (Å²) in [6.45, 7) is 6.51. The van der Waals surface area contributed by atoms with Crippen molar-refractivity contribution in [3.8, 4) is 0 Å². The number of esters is 3. The Kier molecular flexibility index (Phi) is 48.3. The first-order valence-corrected chi connectivity index (χ1v) is 26.7. The molecule has 0 radical (unpaired) electrons. The Morgan fingerprint density at radius 2 is 0.550 bits per heavy atom. The maximum atomic E-state index is 12.5. The summed E-state index contributed by atoms with van der Waals surface area (Å²) in [5.41, 5.74) is 0. The highest BCUT2D eigenvalue weighted by molar-refractivity contribution is 5.71. The van der Waals surface area contributed by atoms with Gasteiger partial charge < -0.3 is 14.2 Å². The summed E-state index contributed by atoms with van der Waals surface area (Å²) in [5, 5.41) is 0. The first kappa shape index (κ1) is 58.1. The number of allylic oxidation sites excluding steroid dienone is 2. The zero-order valence-corrected chi connectivity index (χ0v) is 40.5. The van der Waals surface area contributed by atoms with Crippen LogP contribution >= 0.6 is 0 Å². The van der Waals surface area contributed by atoms with Crippen LogP contribution in [-0.4, -0.2) is 37.2 Å². The minimum atomic E-state index is -0.757. The summed E-state index contributed by atoms with van der Waals surface area (Å²) < 4.78 is 16.5. The fourth-order valence-corrected chi connectivity index (χ4v) is 7.97. The van der Waals surface area contributed by atoms with Gasteiger partial charge in [0.2, 0.25) is 0 Å². The van der Waals surface area contributed by atoms with Crippen molar-refractivity contribution in [2.24, 2.45) is 0 Å². The molecule has 0 aliphatic heterocycles. The summed E-state index contributed by atoms with van der Waals surface area (Å²) in [4.78, 5) is 37.3. The highest BCUT2D eigenvalue weighted by Crippen LogP contribution is 2.17. The van der Waals surface area contributed by atoms with Crippen LogP contribution in [0.25, 0.3) is 0 Å². The van der Waals surface area contributed by atoms with E-state index >= 15 is 0 Å². The van der Waals surface area contributed by atoms with Gasteiger partial charge in [0.1, 0.15) is 13.2 Å². The van der Waals surface area contributed by atoms with Gasteiger partial charge in [-0.3, -0.25) is 14.4 Å². The first-order chi connectivity index (χ1) is 29.5. The molecular weight excluding hydrogens is 745 g/mol. The molecule has 0 heterocycles. The van der Waals surface area contributed by atoms with E-state index in [4.69, 9.17) is 14.2 Å². The smallest absolute Gasteiger partial charge is 0.306 e. The Balaban J connectivity index is 3.74. The van der Waals surface area contributed by atoms with E-state index in [1.807, 2.05) is 0 Å². The molecule has 0 aromatic carbocycles. The molecule has 0 N–H and O–H groups in total. The number of hydrogen-bond acceptors (Lipinski definition) is 6. The van der Waals surface area contributed by atoms with Gasteiger partial charge in [-0.15, -0.1) is 0 Å². The summed E-state index contributed by atoms with van der Waals surface area (Å²) in [5.74, 6) is -0.880. The van der Waals surface area contributed by atoms with Crippen LogP contribution in [0.15, 0.2) is 12.2 Å². The number of carbonyl (C=O) groups is 3. The lowest BCUT2D eigenvalue weighted by Gasteiger charge is -2.18. The molecular formula is C54H102O6. The van der Waals surface area contributed by atoms with Crippen LogP contribution in [0.3, 0.4) is 0 Å². The van der Waals surface area contributed by atoms with E-state index in [0.29, 0.717) is 19.3 Å². The normalized spacial score (nSPS) is 12.0. The van der Waals surface area contributed by atoms with Gasteiger partial charge in [-0.1, -0.05) is 245 Å². The first-order valence-electron chi connectivity index (χ1n) is 26.7. The number of carbonyl (C=O) groups excluding carboxylic acids is 3. The van der Waals surface area contributed by atoms with Crippen LogP contribution in [0, 0.1) is 0 Å². The molecule has 6 heteroatoms. The zero-order valence-electron chi connectivity index (χ0n) is 40.5. The Bertz CT molecular complexity index is 931. The largest absolute Gasteiger partial charge is 0.462 e. The van der Waals surface area contributed by atoms with E-state index in [1.54, 1.807) is 0 Å². The third-order valence-electron chi connectivity index (χ3n) is 12.0. The van der Waals surface area contributed by atoms with Gasteiger partial charge in [0.25, 0.3) is 0 Å². The second kappa shape index (κ2) is 49.8. The monoisotopic (exact) mass is 847 g/mol. The maximum absolute atomic E-state index is 12.5. The molecule has 354 valence electrons. The topological polar surface area (TPSA) is 78.9 Å². The van der Waals surface area contributed by atoms with Gasteiger partial charge in [0.05, 0.1) is 0 Å². The molecule has 0 aromatic rings. The SMILES string of the molecule is CCCCCCCCCC/C=C\CCCCCCCCCCCCCCCCCCCCCC(=O)OCC(COC(=O)CCCCCCC)OC(=O)CCCCCCCC. The zero-order chi connectivity index (χ0) is 43.7. The summed E-state index contributed by atoms with van der Waals surface area (Å²) in [6.07, 6.45) is 55.9. The Labute approximate surface area is 373 Å². The van der Waals surface area contributed by atoms with Crippen molar-refractivity contribution in [1.82, 2.24) is 0 Å². The van der Waals surface area contributed by atoms with Crippen LogP contribution in [0.1, 0.15) is 297 Å². The molecule has 0 saturated carbocycles. The maximum Gasteiger partial charge on any atom is 0.306 e. The van der Waals surface area contributed by atoms with Crippen LogP contribution in [0.4, 0.5) is 0 Å². The third kappa shape index (κ3) is 47.2. The van der Waals surface area contributed by atoms with E-state index in [2.05, 4.69) is 32.9 Å². The third-order valence-corrected chi connectivity index (χ3v) is 12.0. The predicted octanol–water partition coefficient (Wildman–Crippen LogP) is 17.4. The van der Waals surface area contributed by atoms with Crippen molar-refractivity contribution >= 4 is 17.9 Å². The van der Waals surface area contributed by atoms with Crippen LogP contribution < -0.4 is 0 Å². The van der Waals surface area contributed by atoms with E-state index in [0.717, 1.165) is 64.2 Å². The number of ether oxygens (including phenoxy) is 3. The lowest BCUT2D eigenvalue weighted by Crippen LogP contribution is -2.30. The second-order valence-corrected chi connectivity index (χ2v) is 18.2. The molecule has 6 nitrogen and oxygen atoms in total. The van der Waals surface area contributed by atoms with Gasteiger partial charge in [0, 0.05) is 19.3 Å². The van der Waals surface area contributed by atoms with Gasteiger partial charge in [-0.05, 0) is 44.9 Å². The fourth-order valence-electron chi connectivity index (χ4n) is 7.97. The quantitative estimate of drug-likeness (QED) is 0.0263. The lowest BCUT2D eigenvalue weighted by molar-refractivity contribution is -0.167. The molecule has 0 aliphatic rings. The molecule has 0 amide bonds. The summed E-state index contributed by atoms with van der Waals surface area (Å²) in [7, 11) is 0. The van der Waals surface area contributed by atoms with E-state index in [9.17, 15) is 14.4 Å². The van der Waals surface area contributed by atoms with Crippen LogP contribution in [0.5, 0.6) is 0 Å². The predicted molar refractivity (Wildman–Crippen MR) is 256 cm³/mol. The van der Waals surface area contributed by atoms with Crippen molar-refractivity contribution in [3.05, 3.63) is 12.2 Å². The molecule has 1 atom stereocenters. The molecule has 0 aliphatic carbocycles. The van der Waals surface area contributed by atoms with Crippen LogP contribution in [0.2, 0.25) is 0 Å². The van der Waals surface area contributed by atoms with E-state index in [-0.39, 0.29) is 31.1 Å². The van der Waals surface area contributed by atoms with Gasteiger partial charge in [-0.2, -0.15) is 0 Å². The van der Waals surface area contributed by atoms with Crippen molar-refractivity contribution < 1.29 is 28.6 Å². The van der Waals surface area contributed by atoms with E-state index in [1.165, 1.54) is 193 Å². The molecule has 0 aromatic heterocycles. The van der Waals surface area contributed by atoms with Gasteiger partial charge in [0.15, 0.2) is 6.10 Å². The van der Waals surface area contributed by atoms with Crippen molar-refractivity contribution in [2.45, 2.75) is 303 Å². The minimum Gasteiger partial charge on any atom is -0.462 e. The Morgan fingerprint density at radius 1 is 0.317 bits per heavy atom. The van der Waals surface area contributed by atoms with Crippen molar-refractivity contribution in [3.63, 3.8) is 0 Å². The average molecular weight is 847 g/mol. The van der Waals surface area contributed by atoms with Crippen molar-refractivity contribution in [1.29, 1.82) is 0 Å². The molecule has 60 heavy (non-hydrogen) atoms. The molecule has 0 spiro atoms. The van der Waals surface area contributed by atoms with Crippen LogP contribution in [-0.2, 0) is 28.6 Å². The molecule has 0 rings (SSSR count). The molecule has 1 unspecified atom stereocenters. The van der Waals surface area contributed by atoms with Gasteiger partial charge in [-0.25, -0.2) is 0 Å². The lowest BCUT2D eigenvalue weighted by atomic mass is 10.0. The average Bonchev–Trinajstić information content (AvgIpc) is 3.24. The highest BCUT2D eigenvalue weighted by Gasteiger charge is 2.19. The van der Waals surface area contributed by atoms with Gasteiger partial charge >= 0.3 is 17.9 Å². The number of unbranched alkanes of at least 4 members (excludes halogenated alkanes) is 36. The standard InChI is InChI=1S/C54H102O6/c1-4-7-10-13-15-16-17-18-19-20-21-22-23-24-25-26-27-28-29-30-31-32-33-34-35-36-37-38-39-42-44-47-53(56)59-50-51(49-58-52(55)46-43-40-12-9-6-3)60-54(57)48-45-41-14-11-8-5-2/h20-21,51H,4-19,22-50H2,1-3H3/b21-20-. The Morgan fingerprint density at radius 3 is 0.833 bits per heavy atom.